The fraction of sp³-hybridized carbons (Fsp3) is 0.389. The molecule has 8 heteroatoms. The van der Waals surface area contributed by atoms with E-state index in [-0.39, 0.29) is 18.8 Å². The van der Waals surface area contributed by atoms with Crippen LogP contribution in [0.2, 0.25) is 0 Å². The number of aliphatic hydroxyl groups is 1. The van der Waals surface area contributed by atoms with Crippen molar-refractivity contribution in [3.63, 3.8) is 0 Å². The summed E-state index contributed by atoms with van der Waals surface area (Å²) in [6.45, 7) is 1.82. The van der Waals surface area contributed by atoms with E-state index in [0.29, 0.717) is 23.8 Å². The molecule has 6 nitrogen and oxygen atoms in total. The van der Waals surface area contributed by atoms with E-state index in [2.05, 4.69) is 20.4 Å². The summed E-state index contributed by atoms with van der Waals surface area (Å²) in [4.78, 5) is 4.37. The van der Waals surface area contributed by atoms with Gasteiger partial charge in [-0.3, -0.25) is 0 Å². The van der Waals surface area contributed by atoms with Crippen LogP contribution in [0.1, 0.15) is 29.9 Å². The van der Waals surface area contributed by atoms with Crippen LogP contribution < -0.4 is 15.4 Å². The van der Waals surface area contributed by atoms with E-state index in [4.69, 9.17) is 4.42 Å². The molecule has 0 fully saturated rings. The fourth-order valence-electron chi connectivity index (χ4n) is 2.32. The second kappa shape index (κ2) is 9.76. The maximum Gasteiger partial charge on any atom is 0.387 e. The van der Waals surface area contributed by atoms with Gasteiger partial charge in [-0.1, -0.05) is 17.7 Å². The van der Waals surface area contributed by atoms with Crippen molar-refractivity contribution < 1.29 is 23.0 Å². The lowest BCUT2D eigenvalue weighted by Crippen LogP contribution is -2.39. The van der Waals surface area contributed by atoms with Gasteiger partial charge in [-0.25, -0.2) is 4.99 Å². The van der Waals surface area contributed by atoms with Crippen molar-refractivity contribution in [2.75, 3.05) is 13.1 Å². The minimum absolute atomic E-state index is 0.0980. The number of nitrogens with zero attached hydrogens (tertiary/aromatic N) is 1. The van der Waals surface area contributed by atoms with Crippen LogP contribution in [0.3, 0.4) is 0 Å². The highest BCUT2D eigenvalue weighted by Crippen LogP contribution is 2.23. The third kappa shape index (κ3) is 6.03. The van der Waals surface area contributed by atoms with E-state index in [1.165, 1.54) is 12.3 Å². The Bertz CT molecular complexity index is 706. The van der Waals surface area contributed by atoms with E-state index in [0.717, 1.165) is 5.56 Å². The van der Waals surface area contributed by atoms with Crippen LogP contribution in [-0.2, 0) is 6.54 Å². The van der Waals surface area contributed by atoms with Crippen LogP contribution in [0.25, 0.3) is 0 Å². The lowest BCUT2D eigenvalue weighted by Gasteiger charge is -2.15. The standard InChI is InChI=1S/C18H23F2N3O3/c1-3-21-18(23-11-14(24)16-5-4-8-25-16)22-10-13-9-12(2)6-7-15(13)26-17(19)20/h4-9,14,17,24H,3,10-11H2,1-2H3,(H2,21,22,23). The molecule has 0 saturated heterocycles. The lowest BCUT2D eigenvalue weighted by molar-refractivity contribution is -0.0504. The van der Waals surface area contributed by atoms with Gasteiger partial charge >= 0.3 is 6.61 Å². The number of alkyl halides is 2. The summed E-state index contributed by atoms with van der Waals surface area (Å²) in [5.74, 6) is 0.989. The molecule has 0 radical (unpaired) electrons. The van der Waals surface area contributed by atoms with Crippen molar-refractivity contribution in [2.45, 2.75) is 33.1 Å². The molecule has 0 saturated carbocycles. The van der Waals surface area contributed by atoms with Crippen LogP contribution >= 0.6 is 0 Å². The molecular weight excluding hydrogens is 344 g/mol. The predicted octanol–water partition coefficient (Wildman–Crippen LogP) is 2.98. The van der Waals surface area contributed by atoms with Crippen molar-refractivity contribution in [3.05, 3.63) is 53.5 Å². The molecule has 0 bridgehead atoms. The maximum absolute atomic E-state index is 12.5. The third-order valence-corrected chi connectivity index (χ3v) is 3.52. The minimum atomic E-state index is -2.89. The van der Waals surface area contributed by atoms with Gasteiger partial charge in [-0.15, -0.1) is 0 Å². The molecule has 0 amide bonds. The van der Waals surface area contributed by atoms with Crippen molar-refractivity contribution in [1.29, 1.82) is 0 Å². The highest BCUT2D eigenvalue weighted by molar-refractivity contribution is 5.79. The van der Waals surface area contributed by atoms with E-state index in [9.17, 15) is 13.9 Å². The topological polar surface area (TPSA) is 79.0 Å². The Labute approximate surface area is 150 Å². The van der Waals surface area contributed by atoms with Crippen LogP contribution in [0, 0.1) is 6.92 Å². The van der Waals surface area contributed by atoms with E-state index >= 15 is 0 Å². The first-order chi connectivity index (χ1) is 12.5. The molecule has 3 N–H and O–H groups in total. The molecular formula is C18H23F2N3O3. The largest absolute Gasteiger partial charge is 0.467 e. The molecule has 0 aliphatic carbocycles. The number of aliphatic hydroxyl groups excluding tert-OH is 1. The number of hydrogen-bond donors (Lipinski definition) is 3. The Kier molecular flexibility index (Phi) is 7.40. The number of aryl methyl sites for hydroxylation is 1. The minimum Gasteiger partial charge on any atom is -0.467 e. The van der Waals surface area contributed by atoms with Gasteiger partial charge < -0.3 is 24.9 Å². The quantitative estimate of drug-likeness (QED) is 0.494. The first-order valence-corrected chi connectivity index (χ1v) is 8.27. The number of ether oxygens (including phenoxy) is 1. The predicted molar refractivity (Wildman–Crippen MR) is 94.3 cm³/mol. The number of rotatable bonds is 8. The van der Waals surface area contributed by atoms with E-state index in [1.807, 2.05) is 13.8 Å². The van der Waals surface area contributed by atoms with Crippen LogP contribution in [0.5, 0.6) is 5.75 Å². The number of benzene rings is 1. The third-order valence-electron chi connectivity index (χ3n) is 3.52. The molecule has 0 spiro atoms. The molecule has 0 aliphatic heterocycles. The average Bonchev–Trinajstić information content (AvgIpc) is 3.13. The zero-order chi connectivity index (χ0) is 18.9. The Balaban J connectivity index is 2.05. The Morgan fingerprint density at radius 1 is 1.31 bits per heavy atom. The molecule has 1 unspecified atom stereocenters. The Hall–Kier alpha value is -2.61. The summed E-state index contributed by atoms with van der Waals surface area (Å²) in [5.41, 5.74) is 1.47. The summed E-state index contributed by atoms with van der Waals surface area (Å²) in [5, 5.41) is 16.1. The molecule has 1 aromatic heterocycles. The fourth-order valence-corrected chi connectivity index (χ4v) is 2.32. The number of nitrogens with one attached hydrogen (secondary N) is 2. The van der Waals surface area contributed by atoms with Crippen molar-refractivity contribution in [1.82, 2.24) is 10.6 Å². The molecule has 1 aromatic carbocycles. The summed E-state index contributed by atoms with van der Waals surface area (Å²) in [6, 6.07) is 8.33. The number of hydrogen-bond acceptors (Lipinski definition) is 4. The number of halogens is 2. The maximum atomic E-state index is 12.5. The second-order valence-corrected chi connectivity index (χ2v) is 5.60. The van der Waals surface area contributed by atoms with Crippen molar-refractivity contribution in [2.24, 2.45) is 4.99 Å². The van der Waals surface area contributed by atoms with Gasteiger partial charge in [-0.05, 0) is 32.0 Å². The van der Waals surface area contributed by atoms with Gasteiger partial charge in [0, 0.05) is 12.1 Å². The van der Waals surface area contributed by atoms with Gasteiger partial charge in [0.25, 0.3) is 0 Å². The van der Waals surface area contributed by atoms with Crippen LogP contribution in [-0.4, -0.2) is 30.8 Å². The Morgan fingerprint density at radius 3 is 2.77 bits per heavy atom. The van der Waals surface area contributed by atoms with E-state index in [1.54, 1.807) is 24.3 Å². The zero-order valence-electron chi connectivity index (χ0n) is 14.7. The molecule has 2 aromatic rings. The lowest BCUT2D eigenvalue weighted by atomic mass is 10.1. The molecule has 142 valence electrons. The summed E-state index contributed by atoms with van der Waals surface area (Å²) in [6.07, 6.45) is 0.658. The monoisotopic (exact) mass is 367 g/mol. The molecule has 1 atom stereocenters. The van der Waals surface area contributed by atoms with Crippen LogP contribution in [0.4, 0.5) is 8.78 Å². The van der Waals surface area contributed by atoms with Gasteiger partial charge in [0.1, 0.15) is 17.6 Å². The zero-order valence-corrected chi connectivity index (χ0v) is 14.7. The van der Waals surface area contributed by atoms with Gasteiger partial charge in [0.15, 0.2) is 5.96 Å². The van der Waals surface area contributed by atoms with E-state index < -0.39 is 12.7 Å². The van der Waals surface area contributed by atoms with Gasteiger partial charge in [-0.2, -0.15) is 8.78 Å². The first kappa shape index (κ1) is 19.7. The summed E-state index contributed by atoms with van der Waals surface area (Å²) < 4.78 is 34.8. The molecule has 2 rings (SSSR count). The average molecular weight is 367 g/mol. The van der Waals surface area contributed by atoms with Gasteiger partial charge in [0.05, 0.1) is 19.4 Å². The van der Waals surface area contributed by atoms with Gasteiger partial charge in [0.2, 0.25) is 0 Å². The highest BCUT2D eigenvalue weighted by Gasteiger charge is 2.12. The summed E-state index contributed by atoms with van der Waals surface area (Å²) >= 11 is 0. The smallest absolute Gasteiger partial charge is 0.387 e. The number of furan rings is 1. The SMILES string of the molecule is CCNC(=NCc1cc(C)ccc1OC(F)F)NCC(O)c1ccco1. The molecule has 1 heterocycles. The van der Waals surface area contributed by atoms with Crippen molar-refractivity contribution in [3.8, 4) is 5.75 Å². The molecule has 26 heavy (non-hydrogen) atoms. The van der Waals surface area contributed by atoms with Crippen LogP contribution in [0.15, 0.2) is 46.0 Å². The number of aliphatic imine (C=N–C) groups is 1. The van der Waals surface area contributed by atoms with Crippen molar-refractivity contribution >= 4 is 5.96 Å². The first-order valence-electron chi connectivity index (χ1n) is 8.27. The highest BCUT2D eigenvalue weighted by atomic mass is 19.3. The number of guanidine groups is 1. The molecule has 0 aliphatic rings. The Morgan fingerprint density at radius 2 is 2.12 bits per heavy atom. The normalized spacial score (nSPS) is 12.9. The second-order valence-electron chi connectivity index (χ2n) is 5.60. The summed E-state index contributed by atoms with van der Waals surface area (Å²) in [7, 11) is 0.